The lowest BCUT2D eigenvalue weighted by Gasteiger charge is -2.35. The molecule has 0 aromatic rings. The summed E-state index contributed by atoms with van der Waals surface area (Å²) in [5.74, 6) is -1.31. The lowest BCUT2D eigenvalue weighted by atomic mass is 9.78. The Morgan fingerprint density at radius 2 is 1.84 bits per heavy atom. The number of nitrogens with zero attached hydrogens (tertiary/aromatic N) is 1. The maximum Gasteiger partial charge on any atom is 0.392 e. The summed E-state index contributed by atoms with van der Waals surface area (Å²) in [6.45, 7) is 5.32. The fourth-order valence-corrected chi connectivity index (χ4v) is 2.92. The molecule has 2 unspecified atom stereocenters. The molecule has 1 aliphatic rings. The number of halogens is 3. The van der Waals surface area contributed by atoms with E-state index in [0.717, 1.165) is 45.3 Å². The number of likely N-dealkylation sites (N-methyl/N-ethyl adjacent to an activating group) is 1. The van der Waals surface area contributed by atoms with Crippen LogP contribution in [-0.4, -0.2) is 44.3 Å². The first-order chi connectivity index (χ1) is 8.95. The van der Waals surface area contributed by atoms with Gasteiger partial charge in [-0.25, -0.2) is 0 Å². The summed E-state index contributed by atoms with van der Waals surface area (Å²) >= 11 is 0. The average Bonchev–Trinajstić information content (AvgIpc) is 2.34. The summed E-state index contributed by atoms with van der Waals surface area (Å²) in [6.07, 6.45) is -0.233. The zero-order valence-electron chi connectivity index (χ0n) is 12.1. The molecular formula is C14H27F3N2. The summed E-state index contributed by atoms with van der Waals surface area (Å²) in [5.41, 5.74) is 0. The van der Waals surface area contributed by atoms with E-state index < -0.39 is 12.1 Å². The van der Waals surface area contributed by atoms with Gasteiger partial charge in [0.2, 0.25) is 0 Å². The van der Waals surface area contributed by atoms with Gasteiger partial charge in [0.1, 0.15) is 0 Å². The van der Waals surface area contributed by atoms with Crippen molar-refractivity contribution < 1.29 is 13.2 Å². The van der Waals surface area contributed by atoms with E-state index in [2.05, 4.69) is 12.2 Å². The Morgan fingerprint density at radius 1 is 1.16 bits per heavy atom. The normalized spacial score (nSPS) is 24.9. The van der Waals surface area contributed by atoms with Crippen molar-refractivity contribution in [1.29, 1.82) is 0 Å². The van der Waals surface area contributed by atoms with Crippen LogP contribution in [0.25, 0.3) is 0 Å². The molecule has 1 rings (SSSR count). The van der Waals surface area contributed by atoms with Crippen LogP contribution in [-0.2, 0) is 0 Å². The molecule has 0 heterocycles. The van der Waals surface area contributed by atoms with E-state index in [9.17, 15) is 13.2 Å². The Hall–Kier alpha value is -0.290. The van der Waals surface area contributed by atoms with Crippen molar-refractivity contribution in [3.63, 3.8) is 0 Å². The second kappa shape index (κ2) is 8.10. The lowest BCUT2D eigenvalue weighted by Crippen LogP contribution is -2.40. The van der Waals surface area contributed by atoms with Crippen LogP contribution >= 0.6 is 0 Å². The summed E-state index contributed by atoms with van der Waals surface area (Å²) in [7, 11) is 1.93. The Bertz CT molecular complexity index is 243. The highest BCUT2D eigenvalue weighted by Gasteiger charge is 2.45. The van der Waals surface area contributed by atoms with Gasteiger partial charge >= 0.3 is 6.18 Å². The Morgan fingerprint density at radius 3 is 2.47 bits per heavy atom. The van der Waals surface area contributed by atoms with Crippen molar-refractivity contribution in [1.82, 2.24) is 10.2 Å². The first kappa shape index (κ1) is 16.8. The van der Waals surface area contributed by atoms with Gasteiger partial charge in [-0.05, 0) is 38.8 Å². The predicted octanol–water partition coefficient (Wildman–Crippen LogP) is 3.29. The smallest absolute Gasteiger partial charge is 0.315 e. The molecule has 0 bridgehead atoms. The van der Waals surface area contributed by atoms with E-state index in [0.29, 0.717) is 13.0 Å². The van der Waals surface area contributed by atoms with Crippen LogP contribution in [0, 0.1) is 11.8 Å². The van der Waals surface area contributed by atoms with Gasteiger partial charge < -0.3 is 10.2 Å². The second-order valence-corrected chi connectivity index (χ2v) is 5.70. The van der Waals surface area contributed by atoms with Crippen molar-refractivity contribution in [2.75, 3.05) is 33.2 Å². The van der Waals surface area contributed by atoms with Crippen LogP contribution in [0.1, 0.15) is 39.0 Å². The minimum absolute atomic E-state index is 0.218. The van der Waals surface area contributed by atoms with Crippen LogP contribution < -0.4 is 5.32 Å². The van der Waals surface area contributed by atoms with Crippen LogP contribution in [0.4, 0.5) is 13.2 Å². The Kier molecular flexibility index (Phi) is 7.15. The molecule has 2 nitrogen and oxygen atoms in total. The quantitative estimate of drug-likeness (QED) is 0.720. The molecule has 0 aromatic heterocycles. The molecule has 0 radical (unpaired) electrons. The largest absolute Gasteiger partial charge is 0.392 e. The van der Waals surface area contributed by atoms with Gasteiger partial charge in [-0.3, -0.25) is 0 Å². The molecule has 1 fully saturated rings. The fourth-order valence-electron chi connectivity index (χ4n) is 2.92. The standard InChI is InChI=1S/C14H27F3N2/c1-3-8-18-9-10-19(2)11-12-6-4-5-7-13(12)14(15,16)17/h12-13,18H,3-11H2,1-2H3. The third-order valence-corrected chi connectivity index (χ3v) is 3.97. The molecule has 2 atom stereocenters. The fraction of sp³-hybridized carbons (Fsp3) is 1.00. The first-order valence-electron chi connectivity index (χ1n) is 7.41. The Labute approximate surface area is 114 Å². The molecule has 0 saturated heterocycles. The molecule has 0 aromatic carbocycles. The summed E-state index contributed by atoms with van der Waals surface area (Å²) < 4.78 is 38.9. The van der Waals surface area contributed by atoms with E-state index in [4.69, 9.17) is 0 Å². The van der Waals surface area contributed by atoms with Gasteiger partial charge in [0.25, 0.3) is 0 Å². The van der Waals surface area contributed by atoms with Crippen molar-refractivity contribution in [2.24, 2.45) is 11.8 Å². The SMILES string of the molecule is CCCNCCN(C)CC1CCCCC1C(F)(F)F. The van der Waals surface area contributed by atoms with Gasteiger partial charge in [-0.15, -0.1) is 0 Å². The molecule has 1 saturated carbocycles. The van der Waals surface area contributed by atoms with E-state index in [1.807, 2.05) is 11.9 Å². The molecule has 19 heavy (non-hydrogen) atoms. The number of alkyl halides is 3. The monoisotopic (exact) mass is 280 g/mol. The molecule has 1 N–H and O–H groups in total. The van der Waals surface area contributed by atoms with Crippen molar-refractivity contribution in [3.05, 3.63) is 0 Å². The third kappa shape index (κ3) is 6.13. The predicted molar refractivity (Wildman–Crippen MR) is 72.2 cm³/mol. The summed E-state index contributed by atoms with van der Waals surface area (Å²) in [4.78, 5) is 2.04. The number of nitrogens with one attached hydrogen (secondary N) is 1. The zero-order valence-corrected chi connectivity index (χ0v) is 12.1. The zero-order chi connectivity index (χ0) is 14.3. The van der Waals surface area contributed by atoms with Crippen LogP contribution in [0.15, 0.2) is 0 Å². The molecule has 5 heteroatoms. The average molecular weight is 280 g/mol. The molecule has 1 aliphatic carbocycles. The molecule has 114 valence electrons. The van der Waals surface area contributed by atoms with E-state index in [1.54, 1.807) is 0 Å². The minimum atomic E-state index is -4.02. The van der Waals surface area contributed by atoms with Gasteiger partial charge in [-0.1, -0.05) is 19.8 Å². The maximum absolute atomic E-state index is 13.0. The molecule has 0 spiro atoms. The highest BCUT2D eigenvalue weighted by atomic mass is 19.4. The molecular weight excluding hydrogens is 253 g/mol. The van der Waals surface area contributed by atoms with E-state index in [-0.39, 0.29) is 5.92 Å². The second-order valence-electron chi connectivity index (χ2n) is 5.70. The highest BCUT2D eigenvalue weighted by molar-refractivity contribution is 4.82. The number of rotatable bonds is 7. The van der Waals surface area contributed by atoms with Crippen molar-refractivity contribution in [3.8, 4) is 0 Å². The minimum Gasteiger partial charge on any atom is -0.315 e. The van der Waals surface area contributed by atoms with Crippen LogP contribution in [0.3, 0.4) is 0 Å². The lowest BCUT2D eigenvalue weighted by molar-refractivity contribution is -0.197. The van der Waals surface area contributed by atoms with Gasteiger partial charge in [-0.2, -0.15) is 13.2 Å². The van der Waals surface area contributed by atoms with Gasteiger partial charge in [0.15, 0.2) is 0 Å². The van der Waals surface area contributed by atoms with Gasteiger partial charge in [0.05, 0.1) is 5.92 Å². The van der Waals surface area contributed by atoms with Crippen LogP contribution in [0.5, 0.6) is 0 Å². The van der Waals surface area contributed by atoms with Crippen molar-refractivity contribution >= 4 is 0 Å². The molecule has 0 aliphatic heterocycles. The summed E-state index contributed by atoms with van der Waals surface area (Å²) in [6, 6.07) is 0. The van der Waals surface area contributed by atoms with Crippen molar-refractivity contribution in [2.45, 2.75) is 45.2 Å². The third-order valence-electron chi connectivity index (χ3n) is 3.97. The van der Waals surface area contributed by atoms with Gasteiger partial charge in [0, 0.05) is 19.6 Å². The number of hydrogen-bond acceptors (Lipinski definition) is 2. The first-order valence-corrected chi connectivity index (χ1v) is 7.41. The highest BCUT2D eigenvalue weighted by Crippen LogP contribution is 2.41. The van der Waals surface area contributed by atoms with Crippen LogP contribution in [0.2, 0.25) is 0 Å². The maximum atomic E-state index is 13.0. The number of hydrogen-bond donors (Lipinski definition) is 1. The molecule has 0 amide bonds. The van der Waals surface area contributed by atoms with E-state index in [1.165, 1.54) is 0 Å². The topological polar surface area (TPSA) is 15.3 Å². The Balaban J connectivity index is 2.35. The summed E-state index contributed by atoms with van der Waals surface area (Å²) in [5, 5.41) is 3.28. The van der Waals surface area contributed by atoms with E-state index >= 15 is 0 Å².